The number of guanidine groups is 1. The number of halogens is 4. The van der Waals surface area contributed by atoms with Gasteiger partial charge in [-0.15, -0.1) is 35.3 Å². The molecule has 2 aromatic rings. The van der Waals surface area contributed by atoms with Crippen molar-refractivity contribution in [3.05, 3.63) is 52.0 Å². The fraction of sp³-hybridized carbons (Fsp3) is 0.444. The van der Waals surface area contributed by atoms with E-state index in [-0.39, 0.29) is 36.6 Å². The number of aliphatic imine (C=N–C) groups is 1. The van der Waals surface area contributed by atoms with E-state index in [4.69, 9.17) is 0 Å². The van der Waals surface area contributed by atoms with Crippen molar-refractivity contribution in [1.29, 1.82) is 0 Å². The number of likely N-dealkylation sites (N-methyl/N-ethyl adjacent to an activating group) is 1. The van der Waals surface area contributed by atoms with Gasteiger partial charge in [0.1, 0.15) is 5.01 Å². The Kier molecular flexibility index (Phi) is 10.2. The highest BCUT2D eigenvalue weighted by Crippen LogP contribution is 2.30. The van der Waals surface area contributed by atoms with E-state index in [1.807, 2.05) is 39.2 Å². The third kappa shape index (κ3) is 7.55. The zero-order chi connectivity index (χ0) is 19.9. The highest BCUT2D eigenvalue weighted by Gasteiger charge is 2.33. The van der Waals surface area contributed by atoms with Crippen LogP contribution in [0.5, 0.6) is 0 Å². The third-order valence-corrected chi connectivity index (χ3v) is 4.66. The molecular weight excluding hydrogens is 502 g/mol. The van der Waals surface area contributed by atoms with E-state index in [0.29, 0.717) is 24.1 Å². The van der Waals surface area contributed by atoms with Crippen molar-refractivity contribution in [1.82, 2.24) is 20.5 Å². The summed E-state index contributed by atoms with van der Waals surface area (Å²) < 4.78 is 37.9. The van der Waals surface area contributed by atoms with Crippen LogP contribution in [0.25, 0.3) is 0 Å². The van der Waals surface area contributed by atoms with Gasteiger partial charge in [-0.2, -0.15) is 13.2 Å². The minimum absolute atomic E-state index is 0. The van der Waals surface area contributed by atoms with E-state index in [2.05, 4.69) is 37.6 Å². The molecule has 0 aliphatic carbocycles. The molecule has 1 aromatic carbocycles. The summed E-state index contributed by atoms with van der Waals surface area (Å²) in [6, 6.07) is 10.2. The Morgan fingerprint density at radius 3 is 2.43 bits per heavy atom. The van der Waals surface area contributed by atoms with Crippen LogP contribution in [0, 0.1) is 0 Å². The van der Waals surface area contributed by atoms with E-state index in [9.17, 15) is 13.2 Å². The summed E-state index contributed by atoms with van der Waals surface area (Å²) in [6.07, 6.45) is -4.42. The van der Waals surface area contributed by atoms with Crippen LogP contribution in [0.2, 0.25) is 0 Å². The molecule has 0 fully saturated rings. The lowest BCUT2D eigenvalue weighted by molar-refractivity contribution is -0.140. The molecule has 0 aliphatic rings. The minimum atomic E-state index is -4.42. The van der Waals surface area contributed by atoms with E-state index in [1.54, 1.807) is 0 Å². The first kappa shape index (κ1) is 24.6. The van der Waals surface area contributed by atoms with Crippen LogP contribution in [-0.4, -0.2) is 43.0 Å². The second-order valence-corrected chi connectivity index (χ2v) is 7.03. The summed E-state index contributed by atoms with van der Waals surface area (Å²) in [5.41, 5.74) is 0.299. The number of benzene rings is 1. The molecule has 0 aliphatic heterocycles. The maximum absolute atomic E-state index is 12.6. The third-order valence-electron chi connectivity index (χ3n) is 3.83. The van der Waals surface area contributed by atoms with Crippen LogP contribution in [0.15, 0.2) is 40.7 Å². The monoisotopic (exact) mass is 527 g/mol. The molecule has 28 heavy (non-hydrogen) atoms. The molecule has 0 bridgehead atoms. The van der Waals surface area contributed by atoms with Crippen molar-refractivity contribution in [2.45, 2.75) is 25.7 Å². The molecule has 1 unspecified atom stereocenters. The van der Waals surface area contributed by atoms with Gasteiger partial charge in [0.2, 0.25) is 0 Å². The first-order valence-electron chi connectivity index (χ1n) is 8.56. The molecule has 1 atom stereocenters. The Bertz CT molecular complexity index is 734. The topological polar surface area (TPSA) is 52.6 Å². The van der Waals surface area contributed by atoms with Gasteiger partial charge in [0.15, 0.2) is 11.7 Å². The van der Waals surface area contributed by atoms with Gasteiger partial charge >= 0.3 is 6.18 Å². The van der Waals surface area contributed by atoms with E-state index < -0.39 is 11.9 Å². The van der Waals surface area contributed by atoms with Crippen molar-refractivity contribution >= 4 is 41.3 Å². The SMILES string of the molecule is CCNC(=NCc1nc(C(F)(F)F)cs1)NCC(c1ccccc1)N(C)C.I. The zero-order valence-electron chi connectivity index (χ0n) is 16.0. The van der Waals surface area contributed by atoms with Crippen molar-refractivity contribution < 1.29 is 13.2 Å². The number of alkyl halides is 3. The van der Waals surface area contributed by atoms with Crippen LogP contribution in [0.4, 0.5) is 13.2 Å². The number of hydrogen-bond donors (Lipinski definition) is 2. The lowest BCUT2D eigenvalue weighted by Gasteiger charge is -2.26. The Morgan fingerprint density at radius 1 is 1.21 bits per heavy atom. The van der Waals surface area contributed by atoms with Gasteiger partial charge in [0.05, 0.1) is 12.6 Å². The molecule has 1 aromatic heterocycles. The largest absolute Gasteiger partial charge is 0.434 e. The van der Waals surface area contributed by atoms with Crippen LogP contribution < -0.4 is 10.6 Å². The molecule has 5 nitrogen and oxygen atoms in total. The number of nitrogens with one attached hydrogen (secondary N) is 2. The highest BCUT2D eigenvalue weighted by molar-refractivity contribution is 14.0. The van der Waals surface area contributed by atoms with Gasteiger partial charge in [0.25, 0.3) is 0 Å². The average molecular weight is 527 g/mol. The molecule has 0 amide bonds. The summed E-state index contributed by atoms with van der Waals surface area (Å²) in [6.45, 7) is 3.28. The maximum Gasteiger partial charge on any atom is 0.434 e. The molecule has 156 valence electrons. The minimum Gasteiger partial charge on any atom is -0.357 e. The molecule has 1 heterocycles. The summed E-state index contributed by atoms with van der Waals surface area (Å²) >= 11 is 0.961. The van der Waals surface area contributed by atoms with E-state index >= 15 is 0 Å². The summed E-state index contributed by atoms with van der Waals surface area (Å²) in [4.78, 5) is 10.1. The Morgan fingerprint density at radius 2 is 1.89 bits per heavy atom. The van der Waals surface area contributed by atoms with Gasteiger partial charge < -0.3 is 15.5 Å². The van der Waals surface area contributed by atoms with Crippen LogP contribution >= 0.6 is 35.3 Å². The average Bonchev–Trinajstić information content (AvgIpc) is 3.10. The van der Waals surface area contributed by atoms with Crippen molar-refractivity contribution in [2.24, 2.45) is 4.99 Å². The number of rotatable bonds is 7. The lowest BCUT2D eigenvalue weighted by Crippen LogP contribution is -2.41. The van der Waals surface area contributed by atoms with Crippen LogP contribution in [0.3, 0.4) is 0 Å². The van der Waals surface area contributed by atoms with Crippen molar-refractivity contribution in [3.63, 3.8) is 0 Å². The summed E-state index contributed by atoms with van der Waals surface area (Å²) in [7, 11) is 4.00. The lowest BCUT2D eigenvalue weighted by atomic mass is 10.1. The molecule has 2 N–H and O–H groups in total. The molecule has 0 radical (unpaired) electrons. The first-order valence-corrected chi connectivity index (χ1v) is 9.44. The molecule has 0 saturated carbocycles. The number of nitrogens with zero attached hydrogens (tertiary/aromatic N) is 3. The normalized spacial score (nSPS) is 13.2. The molecular formula is C18H25F3IN5S. The quantitative estimate of drug-likeness (QED) is 0.323. The smallest absolute Gasteiger partial charge is 0.357 e. The second kappa shape index (κ2) is 11.6. The number of aromatic nitrogens is 1. The molecule has 0 saturated heterocycles. The van der Waals surface area contributed by atoms with E-state index in [1.165, 1.54) is 5.56 Å². The van der Waals surface area contributed by atoms with Crippen LogP contribution in [0.1, 0.15) is 29.2 Å². The first-order chi connectivity index (χ1) is 12.8. The summed E-state index contributed by atoms with van der Waals surface area (Å²) in [5.74, 6) is 0.545. The van der Waals surface area contributed by atoms with Gasteiger partial charge in [-0.1, -0.05) is 30.3 Å². The predicted octanol–water partition coefficient (Wildman–Crippen LogP) is 4.14. The van der Waals surface area contributed by atoms with Gasteiger partial charge in [0, 0.05) is 18.5 Å². The van der Waals surface area contributed by atoms with Gasteiger partial charge in [-0.3, -0.25) is 0 Å². The predicted molar refractivity (Wildman–Crippen MR) is 118 cm³/mol. The van der Waals surface area contributed by atoms with Crippen molar-refractivity contribution in [2.75, 3.05) is 27.2 Å². The fourth-order valence-electron chi connectivity index (χ4n) is 2.47. The molecule has 0 spiro atoms. The second-order valence-electron chi connectivity index (χ2n) is 6.09. The van der Waals surface area contributed by atoms with Gasteiger partial charge in [-0.05, 0) is 26.6 Å². The Balaban J connectivity index is 0.00000392. The molecule has 2 rings (SSSR count). The standard InChI is InChI=1S/C18H24F3N5S.HI/c1-4-22-17(24-11-16-25-15(12-27-16)18(19,20)21)23-10-14(26(2)3)13-8-6-5-7-9-13;/h5-9,12,14H,4,10-11H2,1-3H3,(H2,22,23,24);1H. The summed E-state index contributed by atoms with van der Waals surface area (Å²) in [5, 5.41) is 7.71. The van der Waals surface area contributed by atoms with Gasteiger partial charge in [-0.25, -0.2) is 9.98 Å². The number of thiazole rings is 1. The Hall–Kier alpha value is -1.40. The van der Waals surface area contributed by atoms with E-state index in [0.717, 1.165) is 16.7 Å². The van der Waals surface area contributed by atoms with Crippen LogP contribution in [-0.2, 0) is 12.7 Å². The number of hydrogen-bond acceptors (Lipinski definition) is 4. The highest BCUT2D eigenvalue weighted by atomic mass is 127. The zero-order valence-corrected chi connectivity index (χ0v) is 19.1. The molecule has 10 heteroatoms. The maximum atomic E-state index is 12.6. The van der Waals surface area contributed by atoms with Crippen molar-refractivity contribution in [3.8, 4) is 0 Å². The fourth-order valence-corrected chi connectivity index (χ4v) is 3.19. The Labute approximate surface area is 184 Å².